The van der Waals surface area contributed by atoms with E-state index in [1.54, 1.807) is 0 Å². The molecule has 0 atom stereocenters. The van der Waals surface area contributed by atoms with Gasteiger partial charge in [-0.2, -0.15) is 0 Å². The Hall–Kier alpha value is -0.120. The van der Waals surface area contributed by atoms with Crippen LogP contribution in [0.15, 0.2) is 0 Å². The Bertz CT molecular complexity index is 179. The molecule has 0 saturated carbocycles. The van der Waals surface area contributed by atoms with Gasteiger partial charge in [-0.1, -0.05) is 27.7 Å². The van der Waals surface area contributed by atoms with E-state index in [0.717, 1.165) is 45.2 Å². The summed E-state index contributed by atoms with van der Waals surface area (Å²) in [6.07, 6.45) is 1.16. The largest absolute Gasteiger partial charge is 0.380 e. The second-order valence-corrected chi connectivity index (χ2v) is 6.37. The predicted molar refractivity (Wildman–Crippen MR) is 75.5 cm³/mol. The summed E-state index contributed by atoms with van der Waals surface area (Å²) in [5.74, 6) is 0.738. The van der Waals surface area contributed by atoms with Crippen LogP contribution in [0, 0.1) is 11.3 Å². The van der Waals surface area contributed by atoms with Crippen molar-refractivity contribution in [3.63, 3.8) is 0 Å². The summed E-state index contributed by atoms with van der Waals surface area (Å²) in [6.45, 7) is 13.9. The van der Waals surface area contributed by atoms with Gasteiger partial charge in [0.2, 0.25) is 0 Å². The van der Waals surface area contributed by atoms with E-state index in [-0.39, 0.29) is 0 Å². The van der Waals surface area contributed by atoms with E-state index in [4.69, 9.17) is 4.74 Å². The van der Waals surface area contributed by atoms with Crippen molar-refractivity contribution in [3.8, 4) is 0 Å². The minimum absolute atomic E-state index is 0.321. The van der Waals surface area contributed by atoms with Crippen LogP contribution in [0.1, 0.15) is 34.1 Å². The highest BCUT2D eigenvalue weighted by Crippen LogP contribution is 2.13. The van der Waals surface area contributed by atoms with E-state index in [9.17, 15) is 0 Å². The molecule has 104 valence electrons. The molecule has 0 aromatic carbocycles. The third-order valence-electron chi connectivity index (χ3n) is 2.61. The first-order valence-electron chi connectivity index (χ1n) is 6.77. The lowest BCUT2D eigenvalue weighted by atomic mass is 9.93. The van der Waals surface area contributed by atoms with Crippen LogP contribution in [0.3, 0.4) is 0 Å². The third kappa shape index (κ3) is 12.1. The van der Waals surface area contributed by atoms with Gasteiger partial charge in [0.25, 0.3) is 0 Å². The molecule has 0 heterocycles. The number of nitrogens with zero attached hydrogens (tertiary/aromatic N) is 1. The van der Waals surface area contributed by atoms with Gasteiger partial charge in [-0.25, -0.2) is 0 Å². The number of ether oxygens (including phenoxy) is 1. The average molecular weight is 244 g/mol. The zero-order chi connectivity index (χ0) is 13.3. The number of hydrogen-bond acceptors (Lipinski definition) is 3. The zero-order valence-electron chi connectivity index (χ0n) is 12.7. The molecular weight excluding hydrogens is 212 g/mol. The minimum atomic E-state index is 0.321. The van der Waals surface area contributed by atoms with Gasteiger partial charge in [0.1, 0.15) is 0 Å². The smallest absolute Gasteiger partial charge is 0.0590 e. The van der Waals surface area contributed by atoms with Gasteiger partial charge < -0.3 is 15.0 Å². The maximum Gasteiger partial charge on any atom is 0.0590 e. The summed E-state index contributed by atoms with van der Waals surface area (Å²) in [6, 6.07) is 0. The van der Waals surface area contributed by atoms with Crippen molar-refractivity contribution < 1.29 is 4.74 Å². The van der Waals surface area contributed by atoms with Gasteiger partial charge >= 0.3 is 0 Å². The first-order chi connectivity index (χ1) is 7.83. The fourth-order valence-corrected chi connectivity index (χ4v) is 1.90. The van der Waals surface area contributed by atoms with Crippen LogP contribution in [-0.4, -0.2) is 51.8 Å². The molecule has 3 heteroatoms. The normalized spacial score (nSPS) is 12.7. The fraction of sp³-hybridized carbons (Fsp3) is 1.00. The highest BCUT2D eigenvalue weighted by atomic mass is 16.5. The Morgan fingerprint density at radius 2 is 1.82 bits per heavy atom. The molecule has 3 nitrogen and oxygen atoms in total. The van der Waals surface area contributed by atoms with Gasteiger partial charge in [0.05, 0.1) is 6.61 Å². The van der Waals surface area contributed by atoms with Crippen molar-refractivity contribution >= 4 is 0 Å². The molecule has 0 spiro atoms. The van der Waals surface area contributed by atoms with E-state index in [2.05, 4.69) is 52.0 Å². The van der Waals surface area contributed by atoms with Crippen molar-refractivity contribution in [2.45, 2.75) is 34.1 Å². The van der Waals surface area contributed by atoms with E-state index >= 15 is 0 Å². The van der Waals surface area contributed by atoms with Crippen LogP contribution in [0.5, 0.6) is 0 Å². The molecule has 0 aliphatic rings. The highest BCUT2D eigenvalue weighted by Gasteiger charge is 2.17. The standard InChI is InChI=1S/C14H32N2O/c1-13(2)7-9-17-10-8-15-11-14(3,4)12-16(5)6/h13,15H,7-12H2,1-6H3. The first kappa shape index (κ1) is 16.9. The lowest BCUT2D eigenvalue weighted by molar-refractivity contribution is 0.122. The summed E-state index contributed by atoms with van der Waals surface area (Å²) in [7, 11) is 4.24. The predicted octanol–water partition coefficient (Wildman–Crippen LogP) is 2.23. The topological polar surface area (TPSA) is 24.5 Å². The second-order valence-electron chi connectivity index (χ2n) is 6.37. The average Bonchev–Trinajstić information content (AvgIpc) is 2.13. The van der Waals surface area contributed by atoms with Gasteiger partial charge in [-0.05, 0) is 31.8 Å². The summed E-state index contributed by atoms with van der Waals surface area (Å²) in [4.78, 5) is 2.24. The SMILES string of the molecule is CC(C)CCOCCNCC(C)(C)CN(C)C. The molecule has 0 aliphatic carbocycles. The van der Waals surface area contributed by atoms with Gasteiger partial charge in [-0.15, -0.1) is 0 Å². The maximum atomic E-state index is 5.57. The van der Waals surface area contributed by atoms with Gasteiger partial charge in [-0.3, -0.25) is 0 Å². The van der Waals surface area contributed by atoms with Crippen molar-refractivity contribution in [1.29, 1.82) is 0 Å². The Balaban J connectivity index is 3.38. The van der Waals surface area contributed by atoms with Gasteiger partial charge in [0, 0.05) is 26.2 Å². The summed E-state index contributed by atoms with van der Waals surface area (Å²) < 4.78 is 5.57. The molecule has 0 fully saturated rings. The van der Waals surface area contributed by atoms with Crippen LogP contribution in [0.2, 0.25) is 0 Å². The maximum absolute atomic E-state index is 5.57. The van der Waals surface area contributed by atoms with Crippen molar-refractivity contribution in [1.82, 2.24) is 10.2 Å². The zero-order valence-corrected chi connectivity index (χ0v) is 12.7. The van der Waals surface area contributed by atoms with Crippen LogP contribution < -0.4 is 5.32 Å². The molecule has 0 radical (unpaired) electrons. The Morgan fingerprint density at radius 1 is 1.18 bits per heavy atom. The molecule has 17 heavy (non-hydrogen) atoms. The van der Waals surface area contributed by atoms with Crippen LogP contribution in [-0.2, 0) is 4.74 Å². The molecular formula is C14H32N2O. The molecule has 0 unspecified atom stereocenters. The number of hydrogen-bond donors (Lipinski definition) is 1. The van der Waals surface area contributed by atoms with Crippen molar-refractivity contribution in [2.24, 2.45) is 11.3 Å². The highest BCUT2D eigenvalue weighted by molar-refractivity contribution is 4.73. The summed E-state index contributed by atoms with van der Waals surface area (Å²) >= 11 is 0. The Kier molecular flexibility index (Phi) is 8.83. The lowest BCUT2D eigenvalue weighted by Crippen LogP contribution is -2.38. The summed E-state index contributed by atoms with van der Waals surface area (Å²) in [5, 5.41) is 3.47. The molecule has 0 bridgehead atoms. The molecule has 0 rings (SSSR count). The molecule has 0 saturated heterocycles. The van der Waals surface area contributed by atoms with E-state index in [1.807, 2.05) is 0 Å². The fourth-order valence-electron chi connectivity index (χ4n) is 1.90. The summed E-state index contributed by atoms with van der Waals surface area (Å²) in [5.41, 5.74) is 0.321. The van der Waals surface area contributed by atoms with Crippen LogP contribution in [0.4, 0.5) is 0 Å². The molecule has 1 N–H and O–H groups in total. The molecule has 0 aliphatic heterocycles. The first-order valence-corrected chi connectivity index (χ1v) is 6.77. The monoisotopic (exact) mass is 244 g/mol. The Labute approximate surface area is 108 Å². The van der Waals surface area contributed by atoms with E-state index < -0.39 is 0 Å². The van der Waals surface area contributed by atoms with E-state index in [0.29, 0.717) is 5.41 Å². The third-order valence-corrected chi connectivity index (χ3v) is 2.61. The second kappa shape index (κ2) is 8.90. The van der Waals surface area contributed by atoms with Gasteiger partial charge in [0.15, 0.2) is 0 Å². The Morgan fingerprint density at radius 3 is 2.35 bits per heavy atom. The molecule has 0 aromatic heterocycles. The van der Waals surface area contributed by atoms with Crippen molar-refractivity contribution in [3.05, 3.63) is 0 Å². The minimum Gasteiger partial charge on any atom is -0.380 e. The molecule has 0 amide bonds. The quantitative estimate of drug-likeness (QED) is 0.596. The molecule has 0 aromatic rings. The number of nitrogens with one attached hydrogen (secondary N) is 1. The van der Waals surface area contributed by atoms with Crippen LogP contribution >= 0.6 is 0 Å². The van der Waals surface area contributed by atoms with E-state index in [1.165, 1.54) is 0 Å². The van der Waals surface area contributed by atoms with Crippen molar-refractivity contribution in [2.75, 3.05) is 46.9 Å². The van der Waals surface area contributed by atoms with Crippen LogP contribution in [0.25, 0.3) is 0 Å². The number of rotatable bonds is 10. The lowest BCUT2D eigenvalue weighted by Gasteiger charge is -2.28.